The SMILES string of the molecule is C[NH+]1CCN(C(=O)[C@@H]2CCCN2S(=O)(=O)c2ccc3ccccc3c2)CC1. The first-order chi connectivity index (χ1) is 13.0. The lowest BCUT2D eigenvalue weighted by atomic mass is 10.1. The van der Waals surface area contributed by atoms with Crippen molar-refractivity contribution >= 4 is 26.7 Å². The molecule has 1 N–H and O–H groups in total. The standard InChI is InChI=1S/C20H25N3O3S/c1-21-11-13-22(14-12-21)20(24)19-7-4-10-23(19)27(25,26)18-9-8-16-5-2-3-6-17(16)15-18/h2-3,5-6,8-9,15,19H,4,7,10-14H2,1H3/p+1/t19-/m0/s1. The van der Waals surface area contributed by atoms with E-state index >= 15 is 0 Å². The molecule has 144 valence electrons. The highest BCUT2D eigenvalue weighted by atomic mass is 32.2. The Morgan fingerprint density at radius 3 is 2.48 bits per heavy atom. The number of nitrogens with zero attached hydrogens (tertiary/aromatic N) is 2. The van der Waals surface area contributed by atoms with Gasteiger partial charge >= 0.3 is 0 Å². The van der Waals surface area contributed by atoms with Crippen LogP contribution in [0.4, 0.5) is 0 Å². The number of carbonyl (C=O) groups excluding carboxylic acids is 1. The van der Waals surface area contributed by atoms with Crippen molar-refractivity contribution in [1.82, 2.24) is 9.21 Å². The minimum atomic E-state index is -3.69. The van der Waals surface area contributed by atoms with Crippen LogP contribution in [0.1, 0.15) is 12.8 Å². The van der Waals surface area contributed by atoms with Crippen LogP contribution in [-0.4, -0.2) is 69.3 Å². The minimum Gasteiger partial charge on any atom is -0.334 e. The van der Waals surface area contributed by atoms with Gasteiger partial charge in [-0.1, -0.05) is 30.3 Å². The van der Waals surface area contributed by atoms with Crippen molar-refractivity contribution in [3.63, 3.8) is 0 Å². The summed E-state index contributed by atoms with van der Waals surface area (Å²) < 4.78 is 28.0. The maximum Gasteiger partial charge on any atom is 0.243 e. The lowest BCUT2D eigenvalue weighted by molar-refractivity contribution is -0.883. The molecule has 7 heteroatoms. The number of likely N-dealkylation sites (N-methyl/N-ethyl adjacent to an activating group) is 1. The molecule has 2 fully saturated rings. The summed E-state index contributed by atoms with van der Waals surface area (Å²) in [7, 11) is -1.57. The quantitative estimate of drug-likeness (QED) is 0.825. The van der Waals surface area contributed by atoms with Crippen molar-refractivity contribution < 1.29 is 18.1 Å². The molecule has 0 aliphatic carbocycles. The zero-order valence-electron chi connectivity index (χ0n) is 15.6. The number of carbonyl (C=O) groups is 1. The number of sulfonamides is 1. The number of hydrogen-bond acceptors (Lipinski definition) is 3. The number of quaternary nitrogens is 1. The monoisotopic (exact) mass is 388 g/mol. The van der Waals surface area contributed by atoms with Crippen molar-refractivity contribution in [3.05, 3.63) is 42.5 Å². The first-order valence-electron chi connectivity index (χ1n) is 9.57. The topological polar surface area (TPSA) is 62.1 Å². The third-order valence-electron chi connectivity index (χ3n) is 5.74. The molecule has 1 atom stereocenters. The number of fused-ring (bicyclic) bond motifs is 1. The van der Waals surface area contributed by atoms with E-state index in [0.29, 0.717) is 26.1 Å². The molecular formula is C20H26N3O3S+. The van der Waals surface area contributed by atoms with E-state index < -0.39 is 16.1 Å². The van der Waals surface area contributed by atoms with Gasteiger partial charge in [-0.2, -0.15) is 4.31 Å². The Hall–Kier alpha value is -1.96. The number of rotatable bonds is 3. The summed E-state index contributed by atoms with van der Waals surface area (Å²) in [4.78, 5) is 16.5. The minimum absolute atomic E-state index is 0.0376. The third kappa shape index (κ3) is 3.47. The van der Waals surface area contributed by atoms with Gasteiger partial charge in [0.15, 0.2) is 0 Å². The van der Waals surface area contributed by atoms with E-state index in [-0.39, 0.29) is 10.8 Å². The van der Waals surface area contributed by atoms with Gasteiger partial charge in [-0.05, 0) is 35.7 Å². The summed E-state index contributed by atoms with van der Waals surface area (Å²) in [6, 6.07) is 12.3. The summed E-state index contributed by atoms with van der Waals surface area (Å²) >= 11 is 0. The maximum atomic E-state index is 13.3. The Morgan fingerprint density at radius 1 is 1.04 bits per heavy atom. The van der Waals surface area contributed by atoms with Crippen molar-refractivity contribution in [2.24, 2.45) is 0 Å². The van der Waals surface area contributed by atoms with Crippen LogP contribution in [0.15, 0.2) is 47.4 Å². The number of nitrogens with one attached hydrogen (secondary N) is 1. The van der Waals surface area contributed by atoms with E-state index in [0.717, 1.165) is 30.3 Å². The van der Waals surface area contributed by atoms with Gasteiger partial charge < -0.3 is 9.80 Å². The van der Waals surface area contributed by atoms with Crippen LogP contribution in [-0.2, 0) is 14.8 Å². The Bertz CT molecular complexity index is 952. The van der Waals surface area contributed by atoms with Gasteiger partial charge in [0.2, 0.25) is 15.9 Å². The molecule has 0 spiro atoms. The normalized spacial score (nSPS) is 22.4. The van der Waals surface area contributed by atoms with Crippen molar-refractivity contribution in [1.29, 1.82) is 0 Å². The van der Waals surface area contributed by atoms with Crippen LogP contribution in [0.3, 0.4) is 0 Å². The van der Waals surface area contributed by atoms with Gasteiger partial charge in [0.05, 0.1) is 38.1 Å². The summed E-state index contributed by atoms with van der Waals surface area (Å²) in [6.45, 7) is 3.63. The zero-order valence-corrected chi connectivity index (χ0v) is 16.4. The second-order valence-corrected chi connectivity index (χ2v) is 9.46. The molecule has 2 aliphatic heterocycles. The van der Waals surface area contributed by atoms with Gasteiger partial charge in [0.1, 0.15) is 6.04 Å². The first kappa shape index (κ1) is 18.4. The molecule has 2 aromatic rings. The predicted octanol–water partition coefficient (Wildman–Crippen LogP) is 0.350. The van der Waals surface area contributed by atoms with E-state index in [2.05, 4.69) is 7.05 Å². The lowest BCUT2D eigenvalue weighted by Crippen LogP contribution is -3.12. The molecule has 6 nitrogen and oxygen atoms in total. The molecular weight excluding hydrogens is 362 g/mol. The van der Waals surface area contributed by atoms with Crippen LogP contribution < -0.4 is 4.90 Å². The number of benzene rings is 2. The van der Waals surface area contributed by atoms with E-state index in [9.17, 15) is 13.2 Å². The highest BCUT2D eigenvalue weighted by Gasteiger charge is 2.41. The Kier molecular flexibility index (Phi) is 4.92. The summed E-state index contributed by atoms with van der Waals surface area (Å²) in [5, 5.41) is 1.90. The molecule has 0 saturated carbocycles. The van der Waals surface area contributed by atoms with Crippen molar-refractivity contribution in [2.75, 3.05) is 39.8 Å². The maximum absolute atomic E-state index is 13.3. The van der Waals surface area contributed by atoms with Gasteiger partial charge in [0, 0.05) is 6.54 Å². The van der Waals surface area contributed by atoms with Gasteiger partial charge in [-0.25, -0.2) is 8.42 Å². The summed E-state index contributed by atoms with van der Waals surface area (Å²) in [6.07, 6.45) is 1.33. The van der Waals surface area contributed by atoms with Crippen LogP contribution in [0.2, 0.25) is 0 Å². The predicted molar refractivity (Wildman–Crippen MR) is 104 cm³/mol. The zero-order chi connectivity index (χ0) is 19.0. The Morgan fingerprint density at radius 2 is 1.74 bits per heavy atom. The molecule has 27 heavy (non-hydrogen) atoms. The second-order valence-electron chi connectivity index (χ2n) is 7.57. The smallest absolute Gasteiger partial charge is 0.243 e. The molecule has 2 heterocycles. The molecule has 2 aliphatic rings. The van der Waals surface area contributed by atoms with Gasteiger partial charge in [-0.15, -0.1) is 0 Å². The summed E-state index contributed by atoms with van der Waals surface area (Å²) in [5.74, 6) is -0.0376. The Labute approximate surface area is 160 Å². The van der Waals surface area contributed by atoms with E-state index in [1.54, 1.807) is 12.1 Å². The van der Waals surface area contributed by atoms with Crippen molar-refractivity contribution in [3.8, 4) is 0 Å². The molecule has 1 amide bonds. The second kappa shape index (κ2) is 7.22. The molecule has 2 aromatic carbocycles. The van der Waals surface area contributed by atoms with E-state index in [1.807, 2.05) is 35.2 Å². The highest BCUT2D eigenvalue weighted by molar-refractivity contribution is 7.89. The fraction of sp³-hybridized carbons (Fsp3) is 0.450. The van der Waals surface area contributed by atoms with E-state index in [1.165, 1.54) is 9.21 Å². The van der Waals surface area contributed by atoms with Crippen LogP contribution in [0, 0.1) is 0 Å². The number of amides is 1. The number of piperazine rings is 1. The highest BCUT2D eigenvalue weighted by Crippen LogP contribution is 2.29. The van der Waals surface area contributed by atoms with Gasteiger partial charge in [0.25, 0.3) is 0 Å². The Balaban J connectivity index is 1.60. The third-order valence-corrected chi connectivity index (χ3v) is 7.65. The molecule has 0 bridgehead atoms. The fourth-order valence-electron chi connectivity index (χ4n) is 4.06. The largest absolute Gasteiger partial charge is 0.334 e. The average Bonchev–Trinajstić information content (AvgIpc) is 3.18. The first-order valence-corrected chi connectivity index (χ1v) is 11.0. The van der Waals surface area contributed by atoms with Gasteiger partial charge in [-0.3, -0.25) is 4.79 Å². The number of hydrogen-bond donors (Lipinski definition) is 1. The summed E-state index contributed by atoms with van der Waals surface area (Å²) in [5.41, 5.74) is 0. The molecule has 0 radical (unpaired) electrons. The molecule has 0 aromatic heterocycles. The molecule has 2 saturated heterocycles. The van der Waals surface area contributed by atoms with Crippen LogP contribution in [0.5, 0.6) is 0 Å². The van der Waals surface area contributed by atoms with Crippen LogP contribution >= 0.6 is 0 Å². The van der Waals surface area contributed by atoms with Crippen molar-refractivity contribution in [2.45, 2.75) is 23.8 Å². The van der Waals surface area contributed by atoms with E-state index in [4.69, 9.17) is 0 Å². The molecule has 4 rings (SSSR count). The lowest BCUT2D eigenvalue weighted by Gasteiger charge is -2.33. The van der Waals surface area contributed by atoms with Crippen LogP contribution in [0.25, 0.3) is 10.8 Å². The average molecular weight is 389 g/mol. The molecule has 0 unspecified atom stereocenters. The fourth-order valence-corrected chi connectivity index (χ4v) is 5.74.